The van der Waals surface area contributed by atoms with E-state index in [0.717, 1.165) is 0 Å². The van der Waals surface area contributed by atoms with E-state index in [4.69, 9.17) is 28.5 Å². The van der Waals surface area contributed by atoms with E-state index in [1.54, 1.807) is 6.07 Å². The van der Waals surface area contributed by atoms with Crippen molar-refractivity contribution in [3.05, 3.63) is 51.9 Å². The lowest BCUT2D eigenvalue weighted by Crippen LogP contribution is -1.97. The molecule has 0 fully saturated rings. The van der Waals surface area contributed by atoms with E-state index in [1.165, 1.54) is 24.3 Å². The molecular formula is C12H6Cl2FN3. The molecule has 0 saturated carbocycles. The van der Waals surface area contributed by atoms with Crippen molar-refractivity contribution in [3.63, 3.8) is 0 Å². The molecule has 0 aliphatic heterocycles. The van der Waals surface area contributed by atoms with Crippen molar-refractivity contribution in [2.24, 2.45) is 0 Å². The standard InChI is InChI=1S/C12H6Cl2FN3/c13-8-2-1-3-9(12(8)15)17-11-5-7(6-16)4-10(14)18-11/h1-5H,(H,17,18). The summed E-state index contributed by atoms with van der Waals surface area (Å²) in [5.74, 6) is -0.306. The Labute approximate surface area is 113 Å². The lowest BCUT2D eigenvalue weighted by molar-refractivity contribution is 0.632. The molecule has 0 aliphatic carbocycles. The molecule has 0 atom stereocenters. The zero-order valence-electron chi connectivity index (χ0n) is 8.92. The Hall–Kier alpha value is -1.83. The smallest absolute Gasteiger partial charge is 0.165 e. The van der Waals surface area contributed by atoms with Crippen LogP contribution in [0.3, 0.4) is 0 Å². The molecule has 18 heavy (non-hydrogen) atoms. The summed E-state index contributed by atoms with van der Waals surface area (Å²) >= 11 is 11.4. The van der Waals surface area contributed by atoms with Gasteiger partial charge in [0.15, 0.2) is 5.82 Å². The fraction of sp³-hybridized carbons (Fsp3) is 0. The molecule has 1 N–H and O–H groups in total. The molecule has 2 aromatic rings. The van der Waals surface area contributed by atoms with Crippen molar-refractivity contribution in [2.75, 3.05) is 5.32 Å². The molecule has 1 aromatic carbocycles. The van der Waals surface area contributed by atoms with Gasteiger partial charge in [0, 0.05) is 0 Å². The summed E-state index contributed by atoms with van der Waals surface area (Å²) < 4.78 is 13.7. The maximum atomic E-state index is 13.7. The molecule has 1 aromatic heterocycles. The number of hydrogen-bond donors (Lipinski definition) is 1. The van der Waals surface area contributed by atoms with Crippen LogP contribution in [0.1, 0.15) is 5.56 Å². The van der Waals surface area contributed by atoms with Gasteiger partial charge in [0.1, 0.15) is 11.0 Å². The van der Waals surface area contributed by atoms with Gasteiger partial charge in [-0.25, -0.2) is 9.37 Å². The molecule has 0 amide bonds. The first-order valence-corrected chi connectivity index (χ1v) is 5.64. The molecule has 90 valence electrons. The number of pyridine rings is 1. The summed E-state index contributed by atoms with van der Waals surface area (Å²) in [6.07, 6.45) is 0. The normalized spacial score (nSPS) is 9.89. The highest BCUT2D eigenvalue weighted by Gasteiger charge is 2.08. The van der Waals surface area contributed by atoms with Crippen molar-refractivity contribution >= 4 is 34.7 Å². The molecule has 2 rings (SSSR count). The zero-order valence-corrected chi connectivity index (χ0v) is 10.4. The summed E-state index contributed by atoms with van der Waals surface area (Å²) in [5, 5.41) is 11.7. The number of nitrogens with one attached hydrogen (secondary N) is 1. The fourth-order valence-corrected chi connectivity index (χ4v) is 1.75. The van der Waals surface area contributed by atoms with Crippen molar-refractivity contribution in [2.45, 2.75) is 0 Å². The molecule has 0 spiro atoms. The molecule has 0 aliphatic rings. The number of aromatic nitrogens is 1. The summed E-state index contributed by atoms with van der Waals surface area (Å²) in [7, 11) is 0. The van der Waals surface area contributed by atoms with Crippen molar-refractivity contribution in [3.8, 4) is 6.07 Å². The monoisotopic (exact) mass is 281 g/mol. The number of nitriles is 1. The lowest BCUT2D eigenvalue weighted by atomic mass is 10.2. The lowest BCUT2D eigenvalue weighted by Gasteiger charge is -2.08. The van der Waals surface area contributed by atoms with Gasteiger partial charge in [0.05, 0.1) is 22.3 Å². The van der Waals surface area contributed by atoms with Gasteiger partial charge in [-0.1, -0.05) is 29.3 Å². The second-order valence-electron chi connectivity index (χ2n) is 3.40. The van der Waals surface area contributed by atoms with Crippen LogP contribution in [-0.2, 0) is 0 Å². The molecular weight excluding hydrogens is 276 g/mol. The zero-order chi connectivity index (χ0) is 13.1. The molecule has 0 radical (unpaired) electrons. The predicted molar refractivity (Wildman–Crippen MR) is 68.7 cm³/mol. The number of nitrogens with zero attached hydrogens (tertiary/aromatic N) is 2. The highest BCUT2D eigenvalue weighted by atomic mass is 35.5. The molecule has 0 saturated heterocycles. The summed E-state index contributed by atoms with van der Waals surface area (Å²) in [6, 6.07) is 9.37. The molecule has 1 heterocycles. The Morgan fingerprint density at radius 3 is 2.78 bits per heavy atom. The highest BCUT2D eigenvalue weighted by molar-refractivity contribution is 6.31. The fourth-order valence-electron chi connectivity index (χ4n) is 1.36. The second-order valence-corrected chi connectivity index (χ2v) is 4.20. The number of hydrogen-bond acceptors (Lipinski definition) is 3. The third-order valence-electron chi connectivity index (χ3n) is 2.14. The quantitative estimate of drug-likeness (QED) is 0.842. The van der Waals surface area contributed by atoms with Crippen LogP contribution in [0, 0.1) is 17.1 Å². The Kier molecular flexibility index (Phi) is 3.66. The van der Waals surface area contributed by atoms with Crippen LogP contribution < -0.4 is 5.32 Å². The van der Waals surface area contributed by atoms with Gasteiger partial charge in [-0.05, 0) is 24.3 Å². The van der Waals surface area contributed by atoms with Crippen LogP contribution in [-0.4, -0.2) is 4.98 Å². The topological polar surface area (TPSA) is 48.7 Å². The van der Waals surface area contributed by atoms with Crippen LogP contribution in [0.25, 0.3) is 0 Å². The maximum absolute atomic E-state index is 13.7. The number of rotatable bonds is 2. The van der Waals surface area contributed by atoms with Crippen molar-refractivity contribution in [1.29, 1.82) is 5.26 Å². The Bertz CT molecular complexity index is 638. The van der Waals surface area contributed by atoms with Gasteiger partial charge in [-0.15, -0.1) is 0 Å². The first-order valence-electron chi connectivity index (χ1n) is 4.89. The van der Waals surface area contributed by atoms with Gasteiger partial charge in [-0.3, -0.25) is 0 Å². The van der Waals surface area contributed by atoms with Gasteiger partial charge < -0.3 is 5.32 Å². The average Bonchev–Trinajstić information content (AvgIpc) is 2.34. The van der Waals surface area contributed by atoms with E-state index < -0.39 is 5.82 Å². The van der Waals surface area contributed by atoms with Gasteiger partial charge in [0.25, 0.3) is 0 Å². The SMILES string of the molecule is N#Cc1cc(Cl)nc(Nc2cccc(Cl)c2F)c1. The molecule has 6 heteroatoms. The number of anilines is 2. The summed E-state index contributed by atoms with van der Waals surface area (Å²) in [4.78, 5) is 3.94. The van der Waals surface area contributed by atoms with Crippen LogP contribution >= 0.6 is 23.2 Å². The number of halogens is 3. The Morgan fingerprint density at radius 1 is 1.28 bits per heavy atom. The second kappa shape index (κ2) is 5.21. The van der Waals surface area contributed by atoms with Crippen molar-refractivity contribution in [1.82, 2.24) is 4.98 Å². The van der Waals surface area contributed by atoms with Gasteiger partial charge in [0.2, 0.25) is 0 Å². The molecule has 0 unspecified atom stereocenters. The first kappa shape index (κ1) is 12.6. The van der Waals surface area contributed by atoms with Crippen molar-refractivity contribution < 1.29 is 4.39 Å². The minimum atomic E-state index is -0.584. The van der Waals surface area contributed by atoms with E-state index in [2.05, 4.69) is 10.3 Å². The summed E-state index contributed by atoms with van der Waals surface area (Å²) in [5.41, 5.74) is 0.501. The summed E-state index contributed by atoms with van der Waals surface area (Å²) in [6.45, 7) is 0. The van der Waals surface area contributed by atoms with Crippen LogP contribution in [0.4, 0.5) is 15.9 Å². The highest BCUT2D eigenvalue weighted by Crippen LogP contribution is 2.25. The largest absolute Gasteiger partial charge is 0.338 e. The predicted octanol–water partition coefficient (Wildman–Crippen LogP) is 4.14. The third kappa shape index (κ3) is 2.70. The minimum Gasteiger partial charge on any atom is -0.338 e. The van der Waals surface area contributed by atoms with Crippen LogP contribution in [0.2, 0.25) is 10.2 Å². The first-order chi connectivity index (χ1) is 8.60. The van der Waals surface area contributed by atoms with E-state index >= 15 is 0 Å². The van der Waals surface area contributed by atoms with E-state index in [1.807, 2.05) is 6.07 Å². The number of benzene rings is 1. The minimum absolute atomic E-state index is 0.00235. The van der Waals surface area contributed by atoms with Gasteiger partial charge in [-0.2, -0.15) is 5.26 Å². The van der Waals surface area contributed by atoms with Crippen LogP contribution in [0.5, 0.6) is 0 Å². The molecule has 3 nitrogen and oxygen atoms in total. The Balaban J connectivity index is 2.37. The van der Waals surface area contributed by atoms with E-state index in [0.29, 0.717) is 5.56 Å². The van der Waals surface area contributed by atoms with E-state index in [9.17, 15) is 4.39 Å². The van der Waals surface area contributed by atoms with Gasteiger partial charge >= 0.3 is 0 Å². The maximum Gasteiger partial charge on any atom is 0.165 e. The van der Waals surface area contributed by atoms with Crippen LogP contribution in [0.15, 0.2) is 30.3 Å². The Morgan fingerprint density at radius 2 is 2.06 bits per heavy atom. The third-order valence-corrected chi connectivity index (χ3v) is 2.62. The average molecular weight is 282 g/mol. The van der Waals surface area contributed by atoms with E-state index in [-0.39, 0.29) is 21.7 Å². The molecule has 0 bridgehead atoms.